The van der Waals surface area contributed by atoms with E-state index >= 15 is 0 Å². The van der Waals surface area contributed by atoms with Crippen molar-refractivity contribution in [2.24, 2.45) is 5.92 Å². The first-order valence-electron chi connectivity index (χ1n) is 10.4. The van der Waals surface area contributed by atoms with Crippen molar-refractivity contribution in [3.63, 3.8) is 0 Å². The van der Waals surface area contributed by atoms with Crippen LogP contribution in [0.5, 0.6) is 0 Å². The number of aliphatic hydroxyl groups excluding tert-OH is 1. The maximum Gasteiger partial charge on any atom is 0.335 e. The van der Waals surface area contributed by atoms with Gasteiger partial charge in [-0.05, 0) is 38.3 Å². The van der Waals surface area contributed by atoms with Crippen LogP contribution in [0.1, 0.15) is 37.6 Å². The van der Waals surface area contributed by atoms with E-state index in [1.165, 1.54) is 17.1 Å². The summed E-state index contributed by atoms with van der Waals surface area (Å²) >= 11 is 0. The van der Waals surface area contributed by atoms with Gasteiger partial charge in [-0.1, -0.05) is 18.2 Å². The molecule has 7 nitrogen and oxygen atoms in total. The number of hydrogen-bond donors (Lipinski definition) is 4. The summed E-state index contributed by atoms with van der Waals surface area (Å²) in [6.45, 7) is 4.76. The van der Waals surface area contributed by atoms with Crippen LogP contribution < -0.4 is 5.32 Å². The average Bonchev–Trinajstić information content (AvgIpc) is 3.10. The number of rotatable bonds is 2. The van der Waals surface area contributed by atoms with Gasteiger partial charge in [-0.15, -0.1) is 0 Å². The Morgan fingerprint density at radius 3 is 2.97 bits per heavy atom. The minimum absolute atomic E-state index is 0.0366. The number of piperidine rings is 1. The van der Waals surface area contributed by atoms with Gasteiger partial charge in [0, 0.05) is 41.3 Å². The second kappa shape index (κ2) is 6.58. The Bertz CT molecular complexity index is 999. The molecular weight excluding hydrogens is 370 g/mol. The molecule has 29 heavy (non-hydrogen) atoms. The van der Waals surface area contributed by atoms with Crippen molar-refractivity contribution in [2.45, 2.75) is 50.6 Å². The molecule has 0 bridgehead atoms. The van der Waals surface area contributed by atoms with Crippen LogP contribution in [0.4, 0.5) is 0 Å². The monoisotopic (exact) mass is 397 g/mol. The summed E-state index contributed by atoms with van der Waals surface area (Å²) in [6, 6.07) is 7.99. The van der Waals surface area contributed by atoms with Crippen molar-refractivity contribution in [1.82, 2.24) is 15.2 Å². The third-order valence-corrected chi connectivity index (χ3v) is 7.11. The maximum absolute atomic E-state index is 12.6. The molecule has 1 saturated heterocycles. The van der Waals surface area contributed by atoms with Crippen molar-refractivity contribution in [2.75, 3.05) is 13.2 Å². The van der Waals surface area contributed by atoms with Crippen LogP contribution in [0.25, 0.3) is 10.9 Å². The molecule has 1 aromatic carbocycles. The molecule has 2 aromatic rings. The number of aromatic nitrogens is 1. The number of para-hydroxylation sites is 1. The molecular formula is C22H27N3O4. The van der Waals surface area contributed by atoms with E-state index < -0.39 is 23.7 Å². The second-order valence-corrected chi connectivity index (χ2v) is 8.31. The molecule has 3 aliphatic rings. The Balaban J connectivity index is 1.60. The molecule has 1 unspecified atom stereocenters. The Morgan fingerprint density at radius 2 is 2.17 bits per heavy atom. The van der Waals surface area contributed by atoms with Gasteiger partial charge < -0.3 is 25.3 Å². The first-order chi connectivity index (χ1) is 14.0. The molecule has 0 radical (unpaired) electrons. The largest absolute Gasteiger partial charge is 0.463 e. The Hall–Kier alpha value is -2.35. The predicted octanol–water partition coefficient (Wildman–Crippen LogP) is 1.58. The van der Waals surface area contributed by atoms with Gasteiger partial charge >= 0.3 is 5.97 Å². The number of benzene rings is 1. The fourth-order valence-electron chi connectivity index (χ4n) is 5.64. The number of ether oxygens (including phenoxy) is 1. The molecule has 0 spiro atoms. The highest BCUT2D eigenvalue weighted by Gasteiger charge is 2.59. The lowest BCUT2D eigenvalue weighted by molar-refractivity contribution is -0.198. The quantitative estimate of drug-likeness (QED) is 0.575. The third-order valence-electron chi connectivity index (χ3n) is 7.11. The van der Waals surface area contributed by atoms with Gasteiger partial charge in [0.05, 0.1) is 18.2 Å². The van der Waals surface area contributed by atoms with Gasteiger partial charge in [0.2, 0.25) is 0 Å². The summed E-state index contributed by atoms with van der Waals surface area (Å²) in [5.41, 5.74) is 2.50. The Morgan fingerprint density at radius 1 is 1.38 bits per heavy atom. The molecule has 3 aliphatic heterocycles. The number of carbonyl (C=O) groups excluding carboxylic acids is 1. The van der Waals surface area contributed by atoms with E-state index in [1.54, 1.807) is 6.92 Å². The normalized spacial score (nSPS) is 33.9. The fourth-order valence-corrected chi connectivity index (χ4v) is 5.64. The van der Waals surface area contributed by atoms with Gasteiger partial charge in [-0.25, -0.2) is 4.79 Å². The van der Waals surface area contributed by atoms with Gasteiger partial charge in [0.25, 0.3) is 0 Å². The van der Waals surface area contributed by atoms with E-state index in [2.05, 4.69) is 33.4 Å². The summed E-state index contributed by atoms with van der Waals surface area (Å²) in [6.07, 6.45) is 1.78. The standard InChI is InChI=1S/C22H27N3O4/c1-3-29-20(26)15-11-23-21(27)22(28)12(2)25-9-8-14-13-6-4-5-7-17(13)24-19(14)18(25)10-16(15)22/h4-7,11-12,16,18,21,23-24,27-28H,3,8-10H2,1-2H3/t12-,16+,18-,21?,22+/m0/s1. The third kappa shape index (κ3) is 2.51. The molecule has 7 heteroatoms. The average molecular weight is 397 g/mol. The highest BCUT2D eigenvalue weighted by atomic mass is 16.5. The van der Waals surface area contributed by atoms with Crippen LogP contribution in [-0.4, -0.2) is 57.1 Å². The zero-order valence-corrected chi connectivity index (χ0v) is 16.7. The molecule has 154 valence electrons. The van der Waals surface area contributed by atoms with Crippen LogP contribution >= 0.6 is 0 Å². The van der Waals surface area contributed by atoms with E-state index in [4.69, 9.17) is 4.74 Å². The van der Waals surface area contributed by atoms with E-state index in [0.29, 0.717) is 12.0 Å². The predicted molar refractivity (Wildman–Crippen MR) is 108 cm³/mol. The number of fused-ring (bicyclic) bond motifs is 6. The highest BCUT2D eigenvalue weighted by Crippen LogP contribution is 2.51. The minimum Gasteiger partial charge on any atom is -0.463 e. The van der Waals surface area contributed by atoms with Crippen molar-refractivity contribution in [1.29, 1.82) is 0 Å². The molecule has 0 saturated carbocycles. The van der Waals surface area contributed by atoms with E-state index in [1.807, 2.05) is 13.0 Å². The van der Waals surface area contributed by atoms with Crippen LogP contribution in [0.3, 0.4) is 0 Å². The number of carbonyl (C=O) groups is 1. The lowest BCUT2D eigenvalue weighted by Gasteiger charge is -2.57. The first kappa shape index (κ1) is 18.7. The van der Waals surface area contributed by atoms with Crippen LogP contribution in [0.2, 0.25) is 0 Å². The van der Waals surface area contributed by atoms with E-state index in [0.717, 1.165) is 24.2 Å². The first-order valence-corrected chi connectivity index (χ1v) is 10.4. The molecule has 5 rings (SSSR count). The number of aromatic amines is 1. The van der Waals surface area contributed by atoms with Crippen molar-refractivity contribution >= 4 is 16.9 Å². The molecule has 1 fully saturated rings. The van der Waals surface area contributed by atoms with Gasteiger partial charge in [0.1, 0.15) is 5.60 Å². The van der Waals surface area contributed by atoms with Crippen molar-refractivity contribution in [3.8, 4) is 0 Å². The minimum atomic E-state index is -1.48. The molecule has 5 atom stereocenters. The summed E-state index contributed by atoms with van der Waals surface area (Å²) in [7, 11) is 0. The number of esters is 1. The van der Waals surface area contributed by atoms with Crippen LogP contribution in [-0.2, 0) is 16.0 Å². The number of H-pyrrole nitrogens is 1. The summed E-state index contributed by atoms with van der Waals surface area (Å²) in [5, 5.41) is 26.3. The second-order valence-electron chi connectivity index (χ2n) is 8.31. The van der Waals surface area contributed by atoms with Crippen molar-refractivity contribution in [3.05, 3.63) is 47.3 Å². The molecule has 1 aromatic heterocycles. The maximum atomic E-state index is 12.6. The van der Waals surface area contributed by atoms with E-state index in [-0.39, 0.29) is 18.7 Å². The summed E-state index contributed by atoms with van der Waals surface area (Å²) in [5.74, 6) is -0.963. The molecule has 4 heterocycles. The molecule has 0 aliphatic carbocycles. The summed E-state index contributed by atoms with van der Waals surface area (Å²) in [4.78, 5) is 18.5. The number of nitrogens with one attached hydrogen (secondary N) is 2. The van der Waals surface area contributed by atoms with Crippen molar-refractivity contribution < 1.29 is 19.7 Å². The lowest BCUT2D eigenvalue weighted by Crippen LogP contribution is -2.71. The Kier molecular flexibility index (Phi) is 4.24. The van der Waals surface area contributed by atoms with Crippen LogP contribution in [0, 0.1) is 5.92 Å². The zero-order valence-electron chi connectivity index (χ0n) is 16.7. The van der Waals surface area contributed by atoms with Gasteiger partial charge in [0.15, 0.2) is 6.23 Å². The SMILES string of the molecule is CCOC(=O)C1=CNC(O)[C@]2(O)[C@@H]1C[C@H]1c3[nH]c4ccccc4c3CCN1[C@H]2C. The fraction of sp³-hybridized carbons (Fsp3) is 0.500. The van der Waals surface area contributed by atoms with Crippen LogP contribution in [0.15, 0.2) is 36.0 Å². The van der Waals surface area contributed by atoms with Gasteiger partial charge in [-0.3, -0.25) is 4.90 Å². The number of hydrogen-bond acceptors (Lipinski definition) is 6. The lowest BCUT2D eigenvalue weighted by atomic mass is 9.66. The molecule has 0 amide bonds. The number of nitrogens with zero attached hydrogens (tertiary/aromatic N) is 1. The van der Waals surface area contributed by atoms with Gasteiger partial charge in [-0.2, -0.15) is 0 Å². The number of aliphatic hydroxyl groups is 2. The zero-order chi connectivity index (χ0) is 20.3. The topological polar surface area (TPSA) is 97.8 Å². The smallest absolute Gasteiger partial charge is 0.335 e. The Labute approximate surface area is 169 Å². The summed E-state index contributed by atoms with van der Waals surface area (Å²) < 4.78 is 5.24. The van der Waals surface area contributed by atoms with E-state index in [9.17, 15) is 15.0 Å². The highest BCUT2D eigenvalue weighted by molar-refractivity contribution is 5.90. The molecule has 4 N–H and O–H groups in total.